The van der Waals surface area contributed by atoms with Crippen molar-refractivity contribution in [3.05, 3.63) is 64.5 Å². The van der Waals surface area contributed by atoms with Crippen LogP contribution in [-0.2, 0) is 12.5 Å². The summed E-state index contributed by atoms with van der Waals surface area (Å²) in [7, 11) is 0. The van der Waals surface area contributed by atoms with E-state index >= 15 is 0 Å². The van der Waals surface area contributed by atoms with E-state index in [0.717, 1.165) is 62.3 Å². The zero-order valence-corrected chi connectivity index (χ0v) is 20.6. The zero-order chi connectivity index (χ0) is 25.2. The second-order valence-corrected chi connectivity index (χ2v) is 10.9. The van der Waals surface area contributed by atoms with Gasteiger partial charge in [-0.1, -0.05) is 58.4 Å². The van der Waals surface area contributed by atoms with Crippen LogP contribution < -0.4 is 4.74 Å². The Morgan fingerprint density at radius 3 is 1.91 bits per heavy atom. The Hall–Kier alpha value is -2.11. The minimum atomic E-state index is -4.07. The van der Waals surface area contributed by atoms with Gasteiger partial charge in [0.05, 0.1) is 5.56 Å². The SMILES string of the molecule is CC1CCC(CCc2ccc(C(F)(F)Oc3cc(F)c(C4CCC(C)CC4)c(F)c3)c(F)c2)CC1. The fraction of sp³-hybridized carbons (Fsp3) is 0.586. The van der Waals surface area contributed by atoms with Gasteiger partial charge in [0.15, 0.2) is 0 Å². The lowest BCUT2D eigenvalue weighted by Crippen LogP contribution is -2.24. The highest BCUT2D eigenvalue weighted by molar-refractivity contribution is 5.34. The second-order valence-electron chi connectivity index (χ2n) is 10.9. The van der Waals surface area contributed by atoms with Crippen LogP contribution >= 0.6 is 0 Å². The molecule has 2 aliphatic rings. The van der Waals surface area contributed by atoms with E-state index < -0.39 is 34.9 Å². The van der Waals surface area contributed by atoms with E-state index in [1.807, 2.05) is 0 Å². The summed E-state index contributed by atoms with van der Waals surface area (Å²) in [6.07, 6.45) is 5.22. The van der Waals surface area contributed by atoms with Crippen LogP contribution in [0, 0.1) is 35.2 Å². The van der Waals surface area contributed by atoms with Gasteiger partial charge in [0.2, 0.25) is 0 Å². The number of ether oxygens (including phenoxy) is 1. The first-order chi connectivity index (χ1) is 16.6. The summed E-state index contributed by atoms with van der Waals surface area (Å²) >= 11 is 0. The van der Waals surface area contributed by atoms with Crippen LogP contribution in [-0.4, -0.2) is 0 Å². The maximum absolute atomic E-state index is 14.8. The molecule has 35 heavy (non-hydrogen) atoms. The smallest absolute Gasteiger partial charge is 0.429 e. The van der Waals surface area contributed by atoms with Crippen molar-refractivity contribution in [1.29, 1.82) is 0 Å². The van der Waals surface area contributed by atoms with Crippen LogP contribution in [0.15, 0.2) is 30.3 Å². The quantitative estimate of drug-likeness (QED) is 0.349. The molecule has 0 spiro atoms. The molecule has 2 aliphatic carbocycles. The number of halogens is 5. The van der Waals surface area contributed by atoms with Gasteiger partial charge in [-0.25, -0.2) is 13.2 Å². The molecule has 192 valence electrons. The van der Waals surface area contributed by atoms with Gasteiger partial charge in [-0.2, -0.15) is 8.78 Å². The second kappa shape index (κ2) is 10.9. The van der Waals surface area contributed by atoms with E-state index in [4.69, 9.17) is 0 Å². The summed E-state index contributed by atoms with van der Waals surface area (Å²) in [4.78, 5) is 0. The van der Waals surface area contributed by atoms with Crippen LogP contribution in [0.3, 0.4) is 0 Å². The lowest BCUT2D eigenvalue weighted by Gasteiger charge is -2.27. The van der Waals surface area contributed by atoms with Crippen molar-refractivity contribution in [2.75, 3.05) is 0 Å². The normalized spacial score (nSPS) is 25.5. The first kappa shape index (κ1) is 26.0. The van der Waals surface area contributed by atoms with E-state index in [9.17, 15) is 22.0 Å². The van der Waals surface area contributed by atoms with Crippen molar-refractivity contribution in [3.8, 4) is 5.75 Å². The predicted molar refractivity (Wildman–Crippen MR) is 127 cm³/mol. The summed E-state index contributed by atoms with van der Waals surface area (Å²) in [6, 6.07) is 5.17. The van der Waals surface area contributed by atoms with Crippen LogP contribution in [0.4, 0.5) is 22.0 Å². The third-order valence-corrected chi connectivity index (χ3v) is 8.05. The first-order valence-corrected chi connectivity index (χ1v) is 13.0. The molecule has 1 nitrogen and oxygen atoms in total. The van der Waals surface area contributed by atoms with Crippen LogP contribution in [0.1, 0.15) is 94.2 Å². The molecule has 0 heterocycles. The summed E-state index contributed by atoms with van der Waals surface area (Å²) in [5.74, 6) is -1.97. The molecule has 2 saturated carbocycles. The van der Waals surface area contributed by atoms with E-state index in [0.29, 0.717) is 36.7 Å². The summed E-state index contributed by atoms with van der Waals surface area (Å²) in [5.41, 5.74) is -0.363. The van der Waals surface area contributed by atoms with Gasteiger partial charge in [-0.15, -0.1) is 0 Å². The Bertz CT molecular complexity index is 981. The number of rotatable bonds is 7. The largest absolute Gasteiger partial charge is 0.429 e. The number of hydrogen-bond donors (Lipinski definition) is 0. The van der Waals surface area contributed by atoms with E-state index in [2.05, 4.69) is 18.6 Å². The molecule has 0 amide bonds. The lowest BCUT2D eigenvalue weighted by molar-refractivity contribution is -0.187. The molecule has 0 N–H and O–H groups in total. The molecule has 0 saturated heterocycles. The van der Waals surface area contributed by atoms with Crippen molar-refractivity contribution in [2.45, 2.75) is 90.1 Å². The lowest BCUT2D eigenvalue weighted by atomic mass is 9.79. The molecule has 0 atom stereocenters. The Morgan fingerprint density at radius 1 is 0.771 bits per heavy atom. The summed E-state index contributed by atoms with van der Waals surface area (Å²) in [5, 5.41) is 0. The molecule has 0 aliphatic heterocycles. The molecule has 0 bridgehead atoms. The maximum Gasteiger partial charge on any atom is 0.429 e. The first-order valence-electron chi connectivity index (χ1n) is 13.0. The zero-order valence-electron chi connectivity index (χ0n) is 20.6. The third-order valence-electron chi connectivity index (χ3n) is 8.05. The highest BCUT2D eigenvalue weighted by atomic mass is 19.3. The topological polar surface area (TPSA) is 9.23 Å². The molecular weight excluding hydrogens is 459 g/mol. The standard InChI is InChI=1S/C29H35F5O/c1-18-3-7-20(8-4-18)9-10-21-11-14-24(25(30)15-21)29(33,34)35-23-16-26(31)28(27(32)17-23)22-12-5-19(2)6-13-22/h11,14-20,22H,3-10,12-13H2,1-2H3. The Labute approximate surface area is 205 Å². The minimum absolute atomic E-state index is 0.0736. The molecule has 4 rings (SSSR count). The Balaban J connectivity index is 1.42. The van der Waals surface area contributed by atoms with Crippen LogP contribution in [0.2, 0.25) is 0 Å². The van der Waals surface area contributed by atoms with Crippen molar-refractivity contribution < 1.29 is 26.7 Å². The Kier molecular flexibility index (Phi) is 8.07. The third kappa shape index (κ3) is 6.37. The van der Waals surface area contributed by atoms with Crippen molar-refractivity contribution in [3.63, 3.8) is 0 Å². The molecule has 2 aromatic carbocycles. The minimum Gasteiger partial charge on any atom is -0.429 e. The molecular formula is C29H35F5O. The van der Waals surface area contributed by atoms with E-state index in [-0.39, 0.29) is 11.5 Å². The van der Waals surface area contributed by atoms with Gasteiger partial charge < -0.3 is 4.74 Å². The molecule has 0 radical (unpaired) electrons. The number of benzene rings is 2. The van der Waals surface area contributed by atoms with E-state index in [1.54, 1.807) is 0 Å². The Morgan fingerprint density at radius 2 is 1.34 bits per heavy atom. The molecule has 0 unspecified atom stereocenters. The highest BCUT2D eigenvalue weighted by Crippen LogP contribution is 2.40. The number of aryl methyl sites for hydroxylation is 1. The van der Waals surface area contributed by atoms with E-state index in [1.165, 1.54) is 18.9 Å². The van der Waals surface area contributed by atoms with Gasteiger partial charge >= 0.3 is 6.11 Å². The summed E-state index contributed by atoms with van der Waals surface area (Å²) in [6.45, 7) is 4.35. The fourth-order valence-corrected chi connectivity index (χ4v) is 5.70. The fourth-order valence-electron chi connectivity index (χ4n) is 5.70. The van der Waals surface area contributed by atoms with Gasteiger partial charge in [0.25, 0.3) is 0 Å². The van der Waals surface area contributed by atoms with Gasteiger partial charge in [-0.3, -0.25) is 0 Å². The van der Waals surface area contributed by atoms with Crippen molar-refractivity contribution >= 4 is 0 Å². The van der Waals surface area contributed by atoms with Crippen LogP contribution in [0.25, 0.3) is 0 Å². The summed E-state index contributed by atoms with van der Waals surface area (Å²) < 4.78 is 78.3. The number of alkyl halides is 2. The van der Waals surface area contributed by atoms with Gasteiger partial charge in [0.1, 0.15) is 23.2 Å². The molecule has 2 aromatic rings. The molecule has 0 aromatic heterocycles. The highest BCUT2D eigenvalue weighted by Gasteiger charge is 2.38. The monoisotopic (exact) mass is 494 g/mol. The molecule has 2 fully saturated rings. The van der Waals surface area contributed by atoms with Crippen LogP contribution in [0.5, 0.6) is 5.75 Å². The van der Waals surface area contributed by atoms with Crippen molar-refractivity contribution in [2.24, 2.45) is 17.8 Å². The van der Waals surface area contributed by atoms with Gasteiger partial charge in [0, 0.05) is 17.7 Å². The predicted octanol–water partition coefficient (Wildman–Crippen LogP) is 9.28. The average molecular weight is 495 g/mol. The average Bonchev–Trinajstić information content (AvgIpc) is 2.79. The van der Waals surface area contributed by atoms with Gasteiger partial charge in [-0.05, 0) is 67.1 Å². The maximum atomic E-state index is 14.8. The van der Waals surface area contributed by atoms with Crippen molar-refractivity contribution in [1.82, 2.24) is 0 Å². The molecule has 6 heteroatoms. The number of hydrogen-bond acceptors (Lipinski definition) is 1.